The number of benzene rings is 1. The zero-order valence-electron chi connectivity index (χ0n) is 11.4. The Hall–Kier alpha value is -1.77. The molecule has 0 aliphatic rings. The van der Waals surface area contributed by atoms with Gasteiger partial charge < -0.3 is 9.47 Å². The van der Waals surface area contributed by atoms with Crippen molar-refractivity contribution in [2.75, 3.05) is 13.2 Å². The highest BCUT2D eigenvalue weighted by Crippen LogP contribution is 2.33. The number of aryl methyl sites for hydroxylation is 2. The van der Waals surface area contributed by atoms with Gasteiger partial charge in [-0.3, -0.25) is 4.98 Å². The first-order chi connectivity index (χ1) is 8.65. The molecule has 0 atom stereocenters. The molecule has 0 amide bonds. The number of nitrogens with zero attached hydrogens (tertiary/aromatic N) is 1. The van der Waals surface area contributed by atoms with E-state index in [0.29, 0.717) is 13.2 Å². The normalized spacial score (nSPS) is 10.7. The first-order valence-corrected chi connectivity index (χ1v) is 6.33. The molecule has 18 heavy (non-hydrogen) atoms. The van der Waals surface area contributed by atoms with Crippen molar-refractivity contribution >= 4 is 10.8 Å². The van der Waals surface area contributed by atoms with Crippen LogP contribution in [0, 0.1) is 13.8 Å². The van der Waals surface area contributed by atoms with Gasteiger partial charge in [-0.05, 0) is 51.3 Å². The second-order valence-electron chi connectivity index (χ2n) is 4.24. The lowest BCUT2D eigenvalue weighted by Gasteiger charge is -2.13. The summed E-state index contributed by atoms with van der Waals surface area (Å²) in [5.74, 6) is 1.59. The molecule has 1 aromatic heterocycles. The molecule has 2 rings (SSSR count). The van der Waals surface area contributed by atoms with Gasteiger partial charge >= 0.3 is 0 Å². The molecule has 0 radical (unpaired) electrons. The molecule has 2 aromatic rings. The van der Waals surface area contributed by atoms with Gasteiger partial charge in [0.15, 0.2) is 11.5 Å². The van der Waals surface area contributed by atoms with E-state index in [2.05, 4.69) is 11.1 Å². The van der Waals surface area contributed by atoms with E-state index in [4.69, 9.17) is 9.47 Å². The minimum absolute atomic E-state index is 0.629. The van der Waals surface area contributed by atoms with Gasteiger partial charge in [0.2, 0.25) is 0 Å². The standard InChI is InChI=1S/C15H19NO2/c1-5-17-14-8-12-7-10(3)16-11(4)13(12)9-15(14)18-6-2/h7-9H,5-6H2,1-4H3. The van der Waals surface area contributed by atoms with Crippen molar-refractivity contribution in [2.24, 2.45) is 0 Å². The number of aromatic nitrogens is 1. The number of rotatable bonds is 4. The summed E-state index contributed by atoms with van der Waals surface area (Å²) in [5, 5.41) is 2.26. The van der Waals surface area contributed by atoms with Crippen molar-refractivity contribution in [3.63, 3.8) is 0 Å². The van der Waals surface area contributed by atoms with Gasteiger partial charge in [-0.2, -0.15) is 0 Å². The monoisotopic (exact) mass is 245 g/mol. The maximum atomic E-state index is 5.63. The average molecular weight is 245 g/mol. The molecule has 0 saturated carbocycles. The summed E-state index contributed by atoms with van der Waals surface area (Å²) in [6.07, 6.45) is 0. The second-order valence-corrected chi connectivity index (χ2v) is 4.24. The molecule has 0 aliphatic heterocycles. The van der Waals surface area contributed by atoms with Crippen molar-refractivity contribution in [1.29, 1.82) is 0 Å². The van der Waals surface area contributed by atoms with Crippen molar-refractivity contribution in [1.82, 2.24) is 4.98 Å². The molecule has 3 heteroatoms. The summed E-state index contributed by atoms with van der Waals surface area (Å²) >= 11 is 0. The van der Waals surface area contributed by atoms with Crippen molar-refractivity contribution < 1.29 is 9.47 Å². The number of pyridine rings is 1. The van der Waals surface area contributed by atoms with Crippen molar-refractivity contribution in [3.05, 3.63) is 29.6 Å². The Labute approximate surface area is 108 Å². The van der Waals surface area contributed by atoms with E-state index in [1.807, 2.05) is 39.8 Å². The molecule has 0 N–H and O–H groups in total. The number of hydrogen-bond acceptors (Lipinski definition) is 3. The molecule has 0 bridgehead atoms. The third kappa shape index (κ3) is 2.40. The predicted octanol–water partition coefficient (Wildman–Crippen LogP) is 3.65. The van der Waals surface area contributed by atoms with Crippen LogP contribution in [0.15, 0.2) is 18.2 Å². The highest BCUT2D eigenvalue weighted by Gasteiger charge is 2.09. The minimum atomic E-state index is 0.629. The van der Waals surface area contributed by atoms with Gasteiger partial charge in [-0.25, -0.2) is 0 Å². The molecule has 96 valence electrons. The van der Waals surface area contributed by atoms with Gasteiger partial charge in [-0.15, -0.1) is 0 Å². The molecule has 1 heterocycles. The van der Waals surface area contributed by atoms with Crippen LogP contribution >= 0.6 is 0 Å². The largest absolute Gasteiger partial charge is 0.490 e. The van der Waals surface area contributed by atoms with Crippen LogP contribution in [-0.4, -0.2) is 18.2 Å². The van der Waals surface area contributed by atoms with Crippen LogP contribution < -0.4 is 9.47 Å². The Bertz CT molecular complexity index is 564. The molecule has 1 aromatic carbocycles. The Morgan fingerprint density at radius 2 is 1.56 bits per heavy atom. The predicted molar refractivity (Wildman–Crippen MR) is 73.6 cm³/mol. The zero-order valence-corrected chi connectivity index (χ0v) is 11.4. The first-order valence-electron chi connectivity index (χ1n) is 6.33. The zero-order chi connectivity index (χ0) is 13.1. The van der Waals surface area contributed by atoms with Gasteiger partial charge in [0.1, 0.15) is 0 Å². The summed E-state index contributed by atoms with van der Waals surface area (Å²) in [4.78, 5) is 4.48. The van der Waals surface area contributed by atoms with Gasteiger partial charge in [0.25, 0.3) is 0 Å². The highest BCUT2D eigenvalue weighted by atomic mass is 16.5. The van der Waals surface area contributed by atoms with Crippen LogP contribution in [0.4, 0.5) is 0 Å². The summed E-state index contributed by atoms with van der Waals surface area (Å²) in [7, 11) is 0. The lowest BCUT2D eigenvalue weighted by Crippen LogP contribution is -1.99. The van der Waals surface area contributed by atoms with E-state index in [-0.39, 0.29) is 0 Å². The van der Waals surface area contributed by atoms with E-state index in [1.54, 1.807) is 0 Å². The van der Waals surface area contributed by atoms with Crippen molar-refractivity contribution in [3.8, 4) is 11.5 Å². The third-order valence-electron chi connectivity index (χ3n) is 2.81. The van der Waals surface area contributed by atoms with E-state index in [1.165, 1.54) is 0 Å². The van der Waals surface area contributed by atoms with Crippen LogP contribution in [0.2, 0.25) is 0 Å². The van der Waals surface area contributed by atoms with E-state index >= 15 is 0 Å². The molecule has 0 spiro atoms. The first kappa shape index (κ1) is 12.7. The molecule has 0 aliphatic carbocycles. The van der Waals surface area contributed by atoms with Crippen LogP contribution in [0.25, 0.3) is 10.8 Å². The molecule has 0 fully saturated rings. The number of hydrogen-bond donors (Lipinski definition) is 0. The maximum Gasteiger partial charge on any atom is 0.161 e. The highest BCUT2D eigenvalue weighted by molar-refractivity contribution is 5.88. The second kappa shape index (κ2) is 5.25. The lowest BCUT2D eigenvalue weighted by molar-refractivity contribution is 0.288. The van der Waals surface area contributed by atoms with E-state index < -0.39 is 0 Å². The summed E-state index contributed by atoms with van der Waals surface area (Å²) in [5.41, 5.74) is 2.04. The fraction of sp³-hybridized carbons (Fsp3) is 0.400. The van der Waals surface area contributed by atoms with Crippen LogP contribution in [-0.2, 0) is 0 Å². The Balaban J connectivity index is 2.63. The molecular weight excluding hydrogens is 226 g/mol. The maximum absolute atomic E-state index is 5.63. The summed E-state index contributed by atoms with van der Waals surface area (Å²) < 4.78 is 11.3. The van der Waals surface area contributed by atoms with Crippen LogP contribution in [0.1, 0.15) is 25.2 Å². The van der Waals surface area contributed by atoms with Crippen molar-refractivity contribution in [2.45, 2.75) is 27.7 Å². The van der Waals surface area contributed by atoms with Gasteiger partial charge in [0, 0.05) is 16.8 Å². The molecular formula is C15H19NO2. The number of fused-ring (bicyclic) bond motifs is 1. The fourth-order valence-corrected chi connectivity index (χ4v) is 2.13. The van der Waals surface area contributed by atoms with E-state index in [0.717, 1.165) is 33.7 Å². The Morgan fingerprint density at radius 3 is 2.17 bits per heavy atom. The summed E-state index contributed by atoms with van der Waals surface area (Å²) in [6, 6.07) is 6.12. The number of ether oxygens (including phenoxy) is 2. The third-order valence-corrected chi connectivity index (χ3v) is 2.81. The Kier molecular flexibility index (Phi) is 3.70. The average Bonchev–Trinajstić information content (AvgIpc) is 2.31. The fourth-order valence-electron chi connectivity index (χ4n) is 2.13. The van der Waals surface area contributed by atoms with Crippen LogP contribution in [0.5, 0.6) is 11.5 Å². The minimum Gasteiger partial charge on any atom is -0.490 e. The molecule has 0 saturated heterocycles. The van der Waals surface area contributed by atoms with Crippen LogP contribution in [0.3, 0.4) is 0 Å². The quantitative estimate of drug-likeness (QED) is 0.824. The summed E-state index contributed by atoms with van der Waals surface area (Å²) in [6.45, 7) is 9.23. The smallest absolute Gasteiger partial charge is 0.161 e. The molecule has 0 unspecified atom stereocenters. The van der Waals surface area contributed by atoms with E-state index in [9.17, 15) is 0 Å². The van der Waals surface area contributed by atoms with Gasteiger partial charge in [0.05, 0.1) is 13.2 Å². The SMILES string of the molecule is CCOc1cc2cc(C)nc(C)c2cc1OCC. The Morgan fingerprint density at radius 1 is 0.944 bits per heavy atom. The lowest BCUT2D eigenvalue weighted by atomic mass is 10.1. The topological polar surface area (TPSA) is 31.4 Å². The molecule has 3 nitrogen and oxygen atoms in total. The van der Waals surface area contributed by atoms with Gasteiger partial charge in [-0.1, -0.05) is 0 Å².